The Balaban J connectivity index is 1.58. The summed E-state index contributed by atoms with van der Waals surface area (Å²) in [6.45, 7) is 9.55. The SMILES string of the molecule is Cc1cc(C)c(S(=O)(=O)N2CCC(C(=O)N3CCCN(CC(=O)N(C)C)CC3)CC2)c(C)c1. The van der Waals surface area contributed by atoms with Crippen LogP contribution in [0.15, 0.2) is 17.0 Å². The van der Waals surface area contributed by atoms with E-state index in [4.69, 9.17) is 0 Å². The van der Waals surface area contributed by atoms with Gasteiger partial charge in [0.25, 0.3) is 0 Å². The number of likely N-dealkylation sites (N-methyl/N-ethyl adjacent to an activating group) is 1. The second-order valence-corrected chi connectivity index (χ2v) is 11.5. The van der Waals surface area contributed by atoms with Gasteiger partial charge in [-0.3, -0.25) is 14.5 Å². The van der Waals surface area contributed by atoms with Crippen molar-refractivity contribution in [3.63, 3.8) is 0 Å². The summed E-state index contributed by atoms with van der Waals surface area (Å²) in [5.74, 6) is 0.0459. The van der Waals surface area contributed by atoms with Crippen molar-refractivity contribution in [3.05, 3.63) is 28.8 Å². The number of rotatable bonds is 5. The van der Waals surface area contributed by atoms with Gasteiger partial charge in [-0.15, -0.1) is 0 Å². The fourth-order valence-electron chi connectivity index (χ4n) is 4.99. The molecule has 0 radical (unpaired) electrons. The third-order valence-corrected chi connectivity index (χ3v) is 8.97. The van der Waals surface area contributed by atoms with Gasteiger partial charge in [-0.1, -0.05) is 17.7 Å². The van der Waals surface area contributed by atoms with Crippen molar-refractivity contribution in [1.29, 1.82) is 0 Å². The van der Waals surface area contributed by atoms with Crippen LogP contribution in [0.5, 0.6) is 0 Å². The predicted octanol–water partition coefficient (Wildman–Crippen LogP) is 1.64. The minimum Gasteiger partial charge on any atom is -0.348 e. The highest BCUT2D eigenvalue weighted by Crippen LogP contribution is 2.29. The van der Waals surface area contributed by atoms with E-state index >= 15 is 0 Å². The van der Waals surface area contributed by atoms with E-state index < -0.39 is 10.0 Å². The molecule has 0 aliphatic carbocycles. The first-order valence-electron chi connectivity index (χ1n) is 11.8. The molecule has 184 valence electrons. The van der Waals surface area contributed by atoms with E-state index in [2.05, 4.69) is 4.90 Å². The van der Waals surface area contributed by atoms with E-state index in [1.165, 1.54) is 0 Å². The quantitative estimate of drug-likeness (QED) is 0.643. The maximum absolute atomic E-state index is 13.3. The summed E-state index contributed by atoms with van der Waals surface area (Å²) >= 11 is 0. The standard InChI is InChI=1S/C24H38N4O4S/c1-18-15-19(2)23(20(3)16-18)33(31,32)28-11-7-21(8-12-28)24(30)27-10-6-9-26(13-14-27)17-22(29)25(4)5/h15-16,21H,6-14,17H2,1-5H3. The van der Waals surface area contributed by atoms with Gasteiger partial charge >= 0.3 is 0 Å². The first-order chi connectivity index (χ1) is 15.5. The van der Waals surface area contributed by atoms with E-state index in [1.54, 1.807) is 23.3 Å². The third-order valence-electron chi connectivity index (χ3n) is 6.76. The van der Waals surface area contributed by atoms with Gasteiger partial charge in [0.15, 0.2) is 0 Å². The lowest BCUT2D eigenvalue weighted by Gasteiger charge is -2.34. The Morgan fingerprint density at radius 1 is 0.939 bits per heavy atom. The Kier molecular flexibility index (Phi) is 8.18. The Bertz CT molecular complexity index is 961. The average molecular weight is 479 g/mol. The highest BCUT2D eigenvalue weighted by Gasteiger charge is 2.35. The Morgan fingerprint density at radius 3 is 2.12 bits per heavy atom. The van der Waals surface area contributed by atoms with Crippen molar-refractivity contribution in [2.24, 2.45) is 5.92 Å². The minimum absolute atomic E-state index is 0.0717. The van der Waals surface area contributed by atoms with Crippen molar-refractivity contribution in [1.82, 2.24) is 19.0 Å². The van der Waals surface area contributed by atoms with Crippen molar-refractivity contribution in [2.45, 2.75) is 44.9 Å². The van der Waals surface area contributed by atoms with Crippen LogP contribution in [0.1, 0.15) is 36.0 Å². The zero-order valence-electron chi connectivity index (χ0n) is 20.6. The molecule has 0 saturated carbocycles. The van der Waals surface area contributed by atoms with Gasteiger partial charge < -0.3 is 9.80 Å². The first kappa shape index (κ1) is 25.6. The van der Waals surface area contributed by atoms with Crippen LogP contribution in [0.3, 0.4) is 0 Å². The van der Waals surface area contributed by atoms with Crippen molar-refractivity contribution in [3.8, 4) is 0 Å². The maximum atomic E-state index is 13.3. The molecule has 1 aromatic carbocycles. The van der Waals surface area contributed by atoms with Gasteiger partial charge in [-0.05, 0) is 51.2 Å². The topological polar surface area (TPSA) is 81.2 Å². The molecule has 0 bridgehead atoms. The van der Waals surface area contributed by atoms with Crippen LogP contribution in [0, 0.1) is 26.7 Å². The van der Waals surface area contributed by atoms with E-state index in [-0.39, 0.29) is 17.7 Å². The lowest BCUT2D eigenvalue weighted by Crippen LogP contribution is -2.45. The molecule has 2 aliphatic rings. The summed E-state index contributed by atoms with van der Waals surface area (Å²) in [4.78, 5) is 31.2. The number of benzene rings is 1. The number of aryl methyl sites for hydroxylation is 3. The third kappa shape index (κ3) is 5.94. The molecule has 0 aromatic heterocycles. The molecule has 0 atom stereocenters. The van der Waals surface area contributed by atoms with Gasteiger partial charge in [0.05, 0.1) is 11.4 Å². The smallest absolute Gasteiger partial charge is 0.243 e. The average Bonchev–Trinajstić information content (AvgIpc) is 2.98. The molecule has 33 heavy (non-hydrogen) atoms. The van der Waals surface area contributed by atoms with Gasteiger partial charge in [0.2, 0.25) is 21.8 Å². The number of hydrogen-bond donors (Lipinski definition) is 0. The molecule has 1 aromatic rings. The number of amides is 2. The van der Waals surface area contributed by atoms with E-state index in [9.17, 15) is 18.0 Å². The highest BCUT2D eigenvalue weighted by molar-refractivity contribution is 7.89. The summed E-state index contributed by atoms with van der Waals surface area (Å²) in [7, 11) is -0.0721. The minimum atomic E-state index is -3.58. The molecule has 2 amide bonds. The molecule has 0 spiro atoms. The normalized spacial score (nSPS) is 19.4. The van der Waals surface area contributed by atoms with Crippen LogP contribution in [0.4, 0.5) is 0 Å². The van der Waals surface area contributed by atoms with Crippen molar-refractivity contribution >= 4 is 21.8 Å². The summed E-state index contributed by atoms with van der Waals surface area (Å²) in [5.41, 5.74) is 2.59. The number of carbonyl (C=O) groups is 2. The first-order valence-corrected chi connectivity index (χ1v) is 13.2. The maximum Gasteiger partial charge on any atom is 0.243 e. The lowest BCUT2D eigenvalue weighted by atomic mass is 9.96. The molecule has 2 saturated heterocycles. The highest BCUT2D eigenvalue weighted by atomic mass is 32.2. The second kappa shape index (κ2) is 10.5. The van der Waals surface area contributed by atoms with Gasteiger partial charge in [0.1, 0.15) is 0 Å². The van der Waals surface area contributed by atoms with Gasteiger partial charge in [0, 0.05) is 59.3 Å². The second-order valence-electron chi connectivity index (χ2n) is 9.65. The van der Waals surface area contributed by atoms with E-state index in [1.807, 2.05) is 37.8 Å². The zero-order valence-corrected chi connectivity index (χ0v) is 21.4. The van der Waals surface area contributed by atoms with Crippen LogP contribution in [0.25, 0.3) is 0 Å². The molecule has 0 N–H and O–H groups in total. The fourth-order valence-corrected chi connectivity index (χ4v) is 6.87. The van der Waals surface area contributed by atoms with Crippen LogP contribution >= 0.6 is 0 Å². The molecule has 0 unspecified atom stereocenters. The van der Waals surface area contributed by atoms with Crippen LogP contribution < -0.4 is 0 Å². The lowest BCUT2D eigenvalue weighted by molar-refractivity contribution is -0.136. The van der Waals surface area contributed by atoms with Crippen LogP contribution in [0.2, 0.25) is 0 Å². The van der Waals surface area contributed by atoms with Crippen LogP contribution in [-0.4, -0.2) is 99.1 Å². The number of piperidine rings is 1. The molecular formula is C24H38N4O4S. The zero-order chi connectivity index (χ0) is 24.3. The Labute approximate surface area is 198 Å². The molecule has 3 rings (SSSR count). The van der Waals surface area contributed by atoms with Crippen molar-refractivity contribution < 1.29 is 18.0 Å². The summed E-state index contributed by atoms with van der Waals surface area (Å²) in [6.07, 6.45) is 1.92. The van der Waals surface area contributed by atoms with Crippen LogP contribution in [-0.2, 0) is 19.6 Å². The summed E-state index contributed by atoms with van der Waals surface area (Å²) in [5, 5.41) is 0. The molecule has 2 heterocycles. The van der Waals surface area contributed by atoms with Gasteiger partial charge in [-0.25, -0.2) is 8.42 Å². The van der Waals surface area contributed by atoms with Gasteiger partial charge in [-0.2, -0.15) is 4.31 Å². The molecular weight excluding hydrogens is 440 g/mol. The summed E-state index contributed by atoms with van der Waals surface area (Å²) < 4.78 is 28.2. The molecule has 9 heteroatoms. The summed E-state index contributed by atoms with van der Waals surface area (Å²) in [6, 6.07) is 3.82. The largest absolute Gasteiger partial charge is 0.348 e. The molecule has 8 nitrogen and oxygen atoms in total. The van der Waals surface area contributed by atoms with E-state index in [0.717, 1.165) is 29.7 Å². The predicted molar refractivity (Wildman–Crippen MR) is 128 cm³/mol. The number of sulfonamides is 1. The van der Waals surface area contributed by atoms with E-state index in [0.29, 0.717) is 57.0 Å². The molecule has 2 fully saturated rings. The number of carbonyl (C=O) groups excluding carboxylic acids is 2. The Morgan fingerprint density at radius 2 is 1.55 bits per heavy atom. The fraction of sp³-hybridized carbons (Fsp3) is 0.667. The Hall–Kier alpha value is -1.97. The monoisotopic (exact) mass is 478 g/mol. The van der Waals surface area contributed by atoms with Crippen molar-refractivity contribution in [2.75, 3.05) is 59.9 Å². The number of hydrogen-bond acceptors (Lipinski definition) is 5. The molecule has 2 aliphatic heterocycles. The number of nitrogens with zero attached hydrogens (tertiary/aromatic N) is 4.